The summed E-state index contributed by atoms with van der Waals surface area (Å²) in [7, 11) is 0. The Morgan fingerprint density at radius 3 is 1.80 bits per heavy atom. The average Bonchev–Trinajstić information content (AvgIpc) is 3.58. The van der Waals surface area contributed by atoms with Gasteiger partial charge in [-0.15, -0.1) is 0 Å². The van der Waals surface area contributed by atoms with E-state index in [2.05, 4.69) is 206 Å². The van der Waals surface area contributed by atoms with Gasteiger partial charge in [0.25, 0.3) is 0 Å². The summed E-state index contributed by atoms with van der Waals surface area (Å²) in [5.41, 5.74) is 12.3. The van der Waals surface area contributed by atoms with E-state index in [1.165, 1.54) is 60.4 Å². The smallest absolute Gasteiger partial charge is 0.155 e. The molecule has 256 valence electrons. The Kier molecular flexibility index (Phi) is 7.66. The minimum absolute atomic E-state index is 0.418. The molecule has 2 heterocycles. The van der Waals surface area contributed by atoms with Crippen LogP contribution in [0.5, 0.6) is 0 Å². The normalized spacial score (nSPS) is 15.7. The Morgan fingerprint density at radius 1 is 0.463 bits per heavy atom. The maximum Gasteiger partial charge on any atom is 0.155 e. The Bertz CT molecular complexity index is 2850. The van der Waals surface area contributed by atoms with Crippen LogP contribution in [0.1, 0.15) is 30.0 Å². The van der Waals surface area contributed by atoms with Gasteiger partial charge in [-0.1, -0.05) is 164 Å². The molecule has 0 amide bonds. The summed E-state index contributed by atoms with van der Waals surface area (Å²) >= 11 is 0. The van der Waals surface area contributed by atoms with Crippen molar-refractivity contribution >= 4 is 44.1 Å². The van der Waals surface area contributed by atoms with Crippen molar-refractivity contribution in [3.63, 3.8) is 0 Å². The van der Waals surface area contributed by atoms with Crippen LogP contribution in [0.3, 0.4) is 0 Å². The Balaban J connectivity index is 0.996. The predicted octanol–water partition coefficient (Wildman–Crippen LogP) is 12.8. The first kappa shape index (κ1) is 31.9. The fraction of sp³-hybridized carbons (Fsp3) is 0.0588. The highest BCUT2D eigenvalue weighted by Crippen LogP contribution is 2.37. The number of aromatic nitrogens is 1. The molecule has 0 N–H and O–H groups in total. The average molecular weight is 692 g/mol. The van der Waals surface area contributed by atoms with Crippen molar-refractivity contribution in [1.82, 2.24) is 4.57 Å². The largest absolute Gasteiger partial charge is 0.309 e. The van der Waals surface area contributed by atoms with Gasteiger partial charge in [0.1, 0.15) is 0 Å². The van der Waals surface area contributed by atoms with E-state index in [9.17, 15) is 0 Å². The molecular formula is C51H37N3. The van der Waals surface area contributed by atoms with E-state index >= 15 is 0 Å². The predicted molar refractivity (Wildman–Crippen MR) is 227 cm³/mol. The molecule has 0 spiro atoms. The SMILES string of the molecule is CC1(c2ccccc2)CC(c2ccccc2)=NC(c2ccc(-c3cccc4cc(-c5cccc(-n6c7ccccc7c7ccccc76)c5)ccc34)cc2)=N1. The molecule has 0 fully saturated rings. The molecule has 0 aliphatic carbocycles. The van der Waals surface area contributed by atoms with Crippen molar-refractivity contribution < 1.29 is 0 Å². The van der Waals surface area contributed by atoms with Gasteiger partial charge < -0.3 is 4.57 Å². The van der Waals surface area contributed by atoms with Crippen molar-refractivity contribution in [2.75, 3.05) is 0 Å². The van der Waals surface area contributed by atoms with Crippen LogP contribution in [0.4, 0.5) is 0 Å². The molecule has 9 aromatic rings. The summed E-state index contributed by atoms with van der Waals surface area (Å²) in [4.78, 5) is 10.5. The van der Waals surface area contributed by atoms with Gasteiger partial charge in [0, 0.05) is 28.4 Å². The first-order valence-electron chi connectivity index (χ1n) is 18.6. The van der Waals surface area contributed by atoms with Crippen LogP contribution in [-0.4, -0.2) is 16.1 Å². The number of rotatable bonds is 6. The van der Waals surface area contributed by atoms with E-state index in [0.717, 1.165) is 34.8 Å². The fourth-order valence-electron chi connectivity index (χ4n) is 8.22. The number of amidine groups is 1. The van der Waals surface area contributed by atoms with Gasteiger partial charge in [0.15, 0.2) is 5.84 Å². The Labute approximate surface area is 315 Å². The zero-order valence-electron chi connectivity index (χ0n) is 30.0. The summed E-state index contributed by atoms with van der Waals surface area (Å²) in [6.45, 7) is 2.22. The topological polar surface area (TPSA) is 29.6 Å². The maximum atomic E-state index is 5.30. The van der Waals surface area contributed by atoms with Gasteiger partial charge in [-0.25, -0.2) is 4.99 Å². The lowest BCUT2D eigenvalue weighted by Gasteiger charge is -2.31. The third-order valence-electron chi connectivity index (χ3n) is 11.0. The number of benzene rings is 8. The lowest BCUT2D eigenvalue weighted by Crippen LogP contribution is -2.30. The van der Waals surface area contributed by atoms with E-state index in [4.69, 9.17) is 9.98 Å². The lowest BCUT2D eigenvalue weighted by atomic mass is 9.84. The van der Waals surface area contributed by atoms with Gasteiger partial charge in [0.05, 0.1) is 22.3 Å². The van der Waals surface area contributed by atoms with Gasteiger partial charge >= 0.3 is 0 Å². The molecule has 1 atom stereocenters. The van der Waals surface area contributed by atoms with Crippen molar-refractivity contribution in [2.24, 2.45) is 9.98 Å². The molecule has 1 unspecified atom stereocenters. The molecule has 54 heavy (non-hydrogen) atoms. The van der Waals surface area contributed by atoms with Crippen molar-refractivity contribution in [3.8, 4) is 27.9 Å². The van der Waals surface area contributed by atoms with Crippen LogP contribution >= 0.6 is 0 Å². The van der Waals surface area contributed by atoms with Crippen LogP contribution in [-0.2, 0) is 5.54 Å². The summed E-state index contributed by atoms with van der Waals surface area (Å²) in [6, 6.07) is 69.5. The van der Waals surface area contributed by atoms with Crippen molar-refractivity contribution in [2.45, 2.75) is 18.9 Å². The van der Waals surface area contributed by atoms with E-state index in [1.807, 2.05) is 0 Å². The van der Waals surface area contributed by atoms with Crippen LogP contribution < -0.4 is 0 Å². The third kappa shape index (κ3) is 5.53. The molecule has 10 rings (SSSR count). The molecular weight excluding hydrogens is 655 g/mol. The standard InChI is InChI=1S/C51H37N3/c1-51(41-18-6-3-7-19-41)34-47(36-14-4-2-5-15-36)52-50(53-51)37-28-26-35(27-29-37)43-23-13-17-40-32-39(30-31-44(40)43)38-16-12-20-42(33-38)54-48-24-10-8-21-45(48)46-22-9-11-25-49(46)54/h2-33H,34H2,1H3. The van der Waals surface area contributed by atoms with E-state index < -0.39 is 5.54 Å². The minimum Gasteiger partial charge on any atom is -0.309 e. The lowest BCUT2D eigenvalue weighted by molar-refractivity contribution is 0.515. The molecule has 0 saturated heterocycles. The molecule has 3 heteroatoms. The number of fused-ring (bicyclic) bond motifs is 4. The Hall–Kier alpha value is -6.84. The van der Waals surface area contributed by atoms with E-state index in [-0.39, 0.29) is 0 Å². The second-order valence-electron chi connectivity index (χ2n) is 14.4. The maximum absolute atomic E-state index is 5.30. The number of hydrogen-bond donors (Lipinski definition) is 0. The number of nitrogens with zero attached hydrogens (tertiary/aromatic N) is 3. The van der Waals surface area contributed by atoms with E-state index in [0.29, 0.717) is 0 Å². The summed E-state index contributed by atoms with van der Waals surface area (Å²) < 4.78 is 2.38. The number of para-hydroxylation sites is 2. The zero-order valence-corrected chi connectivity index (χ0v) is 30.0. The summed E-state index contributed by atoms with van der Waals surface area (Å²) in [6.07, 6.45) is 0.741. The highest BCUT2D eigenvalue weighted by atomic mass is 15.0. The first-order valence-corrected chi connectivity index (χ1v) is 18.6. The molecule has 0 saturated carbocycles. The molecule has 1 aromatic heterocycles. The minimum atomic E-state index is -0.418. The van der Waals surface area contributed by atoms with Crippen LogP contribution in [0.15, 0.2) is 204 Å². The third-order valence-corrected chi connectivity index (χ3v) is 11.0. The van der Waals surface area contributed by atoms with Gasteiger partial charge in [0.2, 0.25) is 0 Å². The van der Waals surface area contributed by atoms with Crippen molar-refractivity contribution in [3.05, 3.63) is 211 Å². The van der Waals surface area contributed by atoms with Crippen molar-refractivity contribution in [1.29, 1.82) is 0 Å². The number of hydrogen-bond acceptors (Lipinski definition) is 2. The molecule has 8 aromatic carbocycles. The highest BCUT2D eigenvalue weighted by Gasteiger charge is 2.32. The van der Waals surface area contributed by atoms with Gasteiger partial charge in [-0.2, -0.15) is 0 Å². The second kappa shape index (κ2) is 13.0. The molecule has 1 aliphatic heterocycles. The van der Waals surface area contributed by atoms with E-state index in [1.54, 1.807) is 0 Å². The second-order valence-corrected chi connectivity index (χ2v) is 14.4. The Morgan fingerprint density at radius 2 is 1.06 bits per heavy atom. The summed E-state index contributed by atoms with van der Waals surface area (Å²) in [5, 5.41) is 4.98. The quantitative estimate of drug-likeness (QED) is 0.166. The first-order chi connectivity index (χ1) is 26.6. The van der Waals surface area contributed by atoms with Crippen LogP contribution in [0.2, 0.25) is 0 Å². The molecule has 0 bridgehead atoms. The fourth-order valence-corrected chi connectivity index (χ4v) is 8.22. The van der Waals surface area contributed by atoms with Gasteiger partial charge in [-0.3, -0.25) is 4.99 Å². The number of aliphatic imine (C=N–C) groups is 2. The van der Waals surface area contributed by atoms with Crippen LogP contribution in [0.25, 0.3) is 60.5 Å². The molecule has 1 aliphatic rings. The molecule has 3 nitrogen and oxygen atoms in total. The highest BCUT2D eigenvalue weighted by molar-refractivity contribution is 6.15. The van der Waals surface area contributed by atoms with Crippen LogP contribution in [0, 0.1) is 0 Å². The van der Waals surface area contributed by atoms with Gasteiger partial charge in [-0.05, 0) is 81.4 Å². The monoisotopic (exact) mass is 691 g/mol. The molecule has 0 radical (unpaired) electrons. The summed E-state index contributed by atoms with van der Waals surface area (Å²) in [5.74, 6) is 0.767. The zero-order chi connectivity index (χ0) is 36.1.